The van der Waals surface area contributed by atoms with Crippen LogP contribution in [0.2, 0.25) is 0 Å². The van der Waals surface area contributed by atoms with Gasteiger partial charge in [0.15, 0.2) is 0 Å². The van der Waals surface area contributed by atoms with Crippen LogP contribution in [0.15, 0.2) is 43.0 Å². The van der Waals surface area contributed by atoms with Crippen molar-refractivity contribution in [2.45, 2.75) is 19.9 Å². The number of ether oxygens (including phenoxy) is 1. The van der Waals surface area contributed by atoms with Gasteiger partial charge in [-0.3, -0.25) is 4.79 Å². The number of benzene rings is 1. The van der Waals surface area contributed by atoms with E-state index in [1.54, 1.807) is 19.6 Å². The fourth-order valence-corrected chi connectivity index (χ4v) is 3.43. The number of carbonyl (C=O) groups excluding carboxylic acids is 1. The van der Waals surface area contributed by atoms with Crippen LogP contribution in [-0.2, 0) is 6.54 Å². The van der Waals surface area contributed by atoms with Crippen LogP contribution in [-0.4, -0.2) is 34.1 Å². The van der Waals surface area contributed by atoms with Crippen LogP contribution in [0.3, 0.4) is 0 Å². The molecule has 1 amide bonds. The van der Waals surface area contributed by atoms with E-state index in [4.69, 9.17) is 4.74 Å². The van der Waals surface area contributed by atoms with E-state index in [1.807, 2.05) is 42.0 Å². The van der Waals surface area contributed by atoms with E-state index in [1.165, 1.54) is 11.3 Å². The van der Waals surface area contributed by atoms with Crippen molar-refractivity contribution in [1.82, 2.24) is 19.9 Å². The zero-order valence-electron chi connectivity index (χ0n) is 14.2. The number of aromatic nitrogens is 3. The maximum absolute atomic E-state index is 12.4. The molecule has 0 radical (unpaired) electrons. The molecule has 0 saturated carbocycles. The van der Waals surface area contributed by atoms with Gasteiger partial charge in [-0.25, -0.2) is 9.97 Å². The number of carbonyl (C=O) groups is 1. The summed E-state index contributed by atoms with van der Waals surface area (Å²) in [5, 5.41) is 3.78. The lowest BCUT2D eigenvalue weighted by Crippen LogP contribution is -2.25. The first-order chi connectivity index (χ1) is 12.2. The number of methoxy groups -OCH3 is 1. The fourth-order valence-electron chi connectivity index (χ4n) is 2.45. The molecule has 3 rings (SSSR count). The minimum absolute atomic E-state index is 0.0743. The Morgan fingerprint density at radius 2 is 2.28 bits per heavy atom. The van der Waals surface area contributed by atoms with Crippen molar-refractivity contribution in [2.75, 3.05) is 13.7 Å². The molecular formula is C18H20N4O2S. The molecular weight excluding hydrogens is 336 g/mol. The summed E-state index contributed by atoms with van der Waals surface area (Å²) in [5.74, 6) is 0.700. The number of hydrogen-bond acceptors (Lipinski definition) is 5. The Bertz CT molecular complexity index is 843. The topological polar surface area (TPSA) is 69.0 Å². The number of aryl methyl sites for hydroxylation is 2. The maximum Gasteiger partial charge on any atom is 0.263 e. The van der Waals surface area contributed by atoms with Crippen LogP contribution in [0.1, 0.15) is 21.8 Å². The van der Waals surface area contributed by atoms with Crippen LogP contribution >= 0.6 is 11.3 Å². The van der Waals surface area contributed by atoms with E-state index >= 15 is 0 Å². The highest BCUT2D eigenvalue weighted by atomic mass is 32.1. The molecule has 2 heterocycles. The molecule has 0 spiro atoms. The Balaban J connectivity index is 1.62. The van der Waals surface area contributed by atoms with Gasteiger partial charge in [-0.2, -0.15) is 0 Å². The predicted molar refractivity (Wildman–Crippen MR) is 98.0 cm³/mol. The number of hydrogen-bond donors (Lipinski definition) is 1. The van der Waals surface area contributed by atoms with Gasteiger partial charge in [0.2, 0.25) is 0 Å². The molecule has 1 N–H and O–H groups in total. The Labute approximate surface area is 150 Å². The molecule has 0 unspecified atom stereocenters. The van der Waals surface area contributed by atoms with E-state index < -0.39 is 0 Å². The summed E-state index contributed by atoms with van der Waals surface area (Å²) < 4.78 is 7.24. The largest absolute Gasteiger partial charge is 0.497 e. The van der Waals surface area contributed by atoms with Crippen LogP contribution in [0.4, 0.5) is 0 Å². The van der Waals surface area contributed by atoms with Crippen molar-refractivity contribution in [3.05, 3.63) is 53.6 Å². The molecule has 0 fully saturated rings. The van der Waals surface area contributed by atoms with Gasteiger partial charge < -0.3 is 14.6 Å². The third-order valence-corrected chi connectivity index (χ3v) is 4.96. The lowest BCUT2D eigenvalue weighted by Gasteiger charge is -2.04. The number of nitrogens with zero attached hydrogens (tertiary/aromatic N) is 3. The maximum atomic E-state index is 12.4. The van der Waals surface area contributed by atoms with E-state index in [9.17, 15) is 4.79 Å². The Hall–Kier alpha value is -2.67. The molecule has 7 heteroatoms. The summed E-state index contributed by atoms with van der Waals surface area (Å²) in [6, 6.07) is 7.69. The molecule has 0 atom stereocenters. The molecule has 0 aliphatic rings. The average molecular weight is 356 g/mol. The van der Waals surface area contributed by atoms with Crippen molar-refractivity contribution in [3.8, 4) is 16.3 Å². The van der Waals surface area contributed by atoms with Gasteiger partial charge in [-0.15, -0.1) is 11.3 Å². The first-order valence-electron chi connectivity index (χ1n) is 8.03. The highest BCUT2D eigenvalue weighted by Gasteiger charge is 2.16. The molecule has 2 aromatic heterocycles. The molecule has 0 aliphatic carbocycles. The van der Waals surface area contributed by atoms with Crippen LogP contribution < -0.4 is 10.1 Å². The standard InChI is InChI=1S/C18H20N4O2S/c1-13-16(17(23)20-7-4-9-22-10-8-19-12-22)25-18(21-13)14-5-3-6-15(11-14)24-2/h3,5-6,8,10-12H,4,7,9H2,1-2H3,(H,20,23). The minimum Gasteiger partial charge on any atom is -0.497 e. The van der Waals surface area contributed by atoms with Gasteiger partial charge in [-0.05, 0) is 25.5 Å². The minimum atomic E-state index is -0.0743. The molecule has 6 nitrogen and oxygen atoms in total. The van der Waals surface area contributed by atoms with Crippen LogP contribution in [0.5, 0.6) is 5.75 Å². The highest BCUT2D eigenvalue weighted by molar-refractivity contribution is 7.17. The summed E-state index contributed by atoms with van der Waals surface area (Å²) >= 11 is 1.40. The quantitative estimate of drug-likeness (QED) is 0.660. The van der Waals surface area contributed by atoms with Gasteiger partial charge in [0.1, 0.15) is 15.6 Å². The average Bonchev–Trinajstić information content (AvgIpc) is 3.28. The Morgan fingerprint density at radius 3 is 3.04 bits per heavy atom. The number of nitrogens with one attached hydrogen (secondary N) is 1. The van der Waals surface area contributed by atoms with Gasteiger partial charge in [-0.1, -0.05) is 12.1 Å². The Kier molecular flexibility index (Phi) is 5.45. The molecule has 25 heavy (non-hydrogen) atoms. The first-order valence-corrected chi connectivity index (χ1v) is 8.85. The molecule has 3 aromatic rings. The van der Waals surface area contributed by atoms with Crippen LogP contribution in [0, 0.1) is 6.92 Å². The van der Waals surface area contributed by atoms with Crippen molar-refractivity contribution in [1.29, 1.82) is 0 Å². The number of imidazole rings is 1. The van der Waals surface area contributed by atoms with Crippen molar-refractivity contribution < 1.29 is 9.53 Å². The monoisotopic (exact) mass is 356 g/mol. The highest BCUT2D eigenvalue weighted by Crippen LogP contribution is 2.30. The summed E-state index contributed by atoms with van der Waals surface area (Å²) in [5.41, 5.74) is 1.70. The SMILES string of the molecule is COc1cccc(-c2nc(C)c(C(=O)NCCCn3ccnc3)s2)c1. The number of thiazole rings is 1. The van der Waals surface area contributed by atoms with Gasteiger partial charge in [0.05, 0.1) is 19.1 Å². The second-order valence-electron chi connectivity index (χ2n) is 5.58. The van der Waals surface area contributed by atoms with Gasteiger partial charge >= 0.3 is 0 Å². The summed E-state index contributed by atoms with van der Waals surface area (Å²) in [6.07, 6.45) is 6.28. The van der Waals surface area contributed by atoms with Crippen molar-refractivity contribution >= 4 is 17.2 Å². The Morgan fingerprint density at radius 1 is 1.40 bits per heavy atom. The van der Waals surface area contributed by atoms with E-state index in [2.05, 4.69) is 15.3 Å². The summed E-state index contributed by atoms with van der Waals surface area (Å²) in [7, 11) is 1.63. The lowest BCUT2D eigenvalue weighted by molar-refractivity contribution is 0.0956. The summed E-state index contributed by atoms with van der Waals surface area (Å²) in [6.45, 7) is 3.31. The van der Waals surface area contributed by atoms with Crippen LogP contribution in [0.25, 0.3) is 10.6 Å². The zero-order chi connectivity index (χ0) is 17.6. The molecule has 0 aliphatic heterocycles. The number of rotatable bonds is 7. The fraction of sp³-hybridized carbons (Fsp3) is 0.278. The predicted octanol–water partition coefficient (Wildman–Crippen LogP) is 3.14. The van der Waals surface area contributed by atoms with E-state index in [-0.39, 0.29) is 5.91 Å². The van der Waals surface area contributed by atoms with Gasteiger partial charge in [0, 0.05) is 31.0 Å². The van der Waals surface area contributed by atoms with E-state index in [0.717, 1.165) is 35.0 Å². The van der Waals surface area contributed by atoms with Crippen molar-refractivity contribution in [2.24, 2.45) is 0 Å². The number of amides is 1. The second-order valence-corrected chi connectivity index (χ2v) is 6.57. The second kappa shape index (κ2) is 7.94. The first kappa shape index (κ1) is 17.2. The lowest BCUT2D eigenvalue weighted by atomic mass is 10.2. The smallest absolute Gasteiger partial charge is 0.263 e. The molecule has 0 bridgehead atoms. The summed E-state index contributed by atoms with van der Waals surface area (Å²) in [4.78, 5) is 21.6. The molecule has 1 aromatic carbocycles. The van der Waals surface area contributed by atoms with E-state index in [0.29, 0.717) is 11.4 Å². The molecule has 130 valence electrons. The van der Waals surface area contributed by atoms with Gasteiger partial charge in [0.25, 0.3) is 5.91 Å². The third-order valence-electron chi connectivity index (χ3n) is 3.76. The third kappa shape index (κ3) is 4.24. The zero-order valence-corrected chi connectivity index (χ0v) is 15.0. The molecule has 0 saturated heterocycles. The normalized spacial score (nSPS) is 10.6. The van der Waals surface area contributed by atoms with Crippen molar-refractivity contribution in [3.63, 3.8) is 0 Å².